The highest BCUT2D eigenvalue weighted by atomic mass is 35.5. The Hall–Kier alpha value is -3.78. The molecule has 16 heteroatoms. The summed E-state index contributed by atoms with van der Waals surface area (Å²) in [5.41, 5.74) is -3.80. The van der Waals surface area contributed by atoms with E-state index in [1.807, 2.05) is 24.3 Å². The molecule has 1 fully saturated rings. The molecule has 6 rings (SSSR count). The predicted molar refractivity (Wildman–Crippen MR) is 190 cm³/mol. The molecule has 2 aliphatic heterocycles. The van der Waals surface area contributed by atoms with Gasteiger partial charge in [0.05, 0.1) is 23.1 Å². The molecule has 0 bridgehead atoms. The Morgan fingerprint density at radius 1 is 1.04 bits per heavy atom. The highest BCUT2D eigenvalue weighted by molar-refractivity contribution is 7.52. The second-order valence-corrected chi connectivity index (χ2v) is 17.1. The Morgan fingerprint density at radius 3 is 2.42 bits per heavy atom. The molecule has 3 aromatic carbocycles. The summed E-state index contributed by atoms with van der Waals surface area (Å²) in [7, 11) is -5.81. The van der Waals surface area contributed by atoms with E-state index in [1.165, 1.54) is 29.2 Å². The van der Waals surface area contributed by atoms with Gasteiger partial charge in [0.25, 0.3) is 5.91 Å². The maximum atomic E-state index is 14.6. The normalized spacial score (nSPS) is 18.9. The highest BCUT2D eigenvalue weighted by Crippen LogP contribution is 2.59. The molecule has 3 N–H and O–H groups in total. The Bertz CT molecular complexity index is 2100. The van der Waals surface area contributed by atoms with Crippen molar-refractivity contribution < 1.29 is 46.6 Å². The van der Waals surface area contributed by atoms with Gasteiger partial charge in [-0.25, -0.2) is 4.39 Å². The zero-order chi connectivity index (χ0) is 37.7. The van der Waals surface area contributed by atoms with Gasteiger partial charge in [-0.2, -0.15) is 8.78 Å². The predicted octanol–water partition coefficient (Wildman–Crippen LogP) is 6.62. The molecule has 3 heterocycles. The van der Waals surface area contributed by atoms with E-state index in [2.05, 4.69) is 5.32 Å². The fraction of sp³-hybridized carbons (Fsp3) is 0.361. The topological polar surface area (TPSA) is 136 Å². The van der Waals surface area contributed by atoms with E-state index < -0.39 is 60.1 Å². The van der Waals surface area contributed by atoms with E-state index >= 15 is 0 Å². The summed E-state index contributed by atoms with van der Waals surface area (Å²) in [5.74, 6) is -2.04. The molecule has 0 spiro atoms. The van der Waals surface area contributed by atoms with Crippen LogP contribution in [0.25, 0.3) is 10.1 Å². The van der Waals surface area contributed by atoms with Crippen molar-refractivity contribution >= 4 is 58.3 Å². The van der Waals surface area contributed by atoms with E-state index in [1.54, 1.807) is 31.7 Å². The summed E-state index contributed by atoms with van der Waals surface area (Å²) in [5, 5.41) is 2.92. The molecular formula is C36H36ClF3N3O7PS. The lowest BCUT2D eigenvalue weighted by Gasteiger charge is -2.43. The summed E-state index contributed by atoms with van der Waals surface area (Å²) in [6, 6.07) is 14.1. The number of ether oxygens (including phenoxy) is 1. The number of benzene rings is 3. The average molecular weight is 778 g/mol. The molecule has 1 aromatic heterocycles. The third-order valence-corrected chi connectivity index (χ3v) is 11.7. The summed E-state index contributed by atoms with van der Waals surface area (Å²) in [6.45, 7) is 6.03. The molecule has 3 amide bonds. The summed E-state index contributed by atoms with van der Waals surface area (Å²) in [6.07, 6.45) is -0.341. The zero-order valence-corrected chi connectivity index (χ0v) is 30.8. The van der Waals surface area contributed by atoms with Crippen molar-refractivity contribution in [2.75, 3.05) is 19.7 Å². The number of rotatable bonds is 7. The lowest BCUT2D eigenvalue weighted by molar-refractivity contribution is -0.153. The molecule has 0 radical (unpaired) electrons. The third kappa shape index (κ3) is 7.50. The number of nitrogens with one attached hydrogen (secondary N) is 1. The monoisotopic (exact) mass is 777 g/mol. The largest absolute Gasteiger partial charge is 0.399 e. The van der Waals surface area contributed by atoms with Crippen molar-refractivity contribution in [2.24, 2.45) is 5.41 Å². The Kier molecular flexibility index (Phi) is 10.4. The van der Waals surface area contributed by atoms with E-state index in [0.717, 1.165) is 34.6 Å². The van der Waals surface area contributed by atoms with Crippen molar-refractivity contribution in [1.82, 2.24) is 15.1 Å². The minimum atomic E-state index is -5.81. The first-order chi connectivity index (χ1) is 24.3. The fourth-order valence-electron chi connectivity index (χ4n) is 6.48. The lowest BCUT2D eigenvalue weighted by atomic mass is 9.84. The Labute approximate surface area is 306 Å². The van der Waals surface area contributed by atoms with Crippen LogP contribution in [0.5, 0.6) is 0 Å². The second-order valence-electron chi connectivity index (χ2n) is 14.0. The molecule has 3 atom stereocenters. The van der Waals surface area contributed by atoms with Gasteiger partial charge in [-0.1, -0.05) is 68.8 Å². The summed E-state index contributed by atoms with van der Waals surface area (Å²) < 4.78 is 60.5. The maximum absolute atomic E-state index is 14.6. The quantitative estimate of drug-likeness (QED) is 0.180. The molecule has 4 aromatic rings. The van der Waals surface area contributed by atoms with Gasteiger partial charge in [-0.05, 0) is 57.8 Å². The lowest BCUT2D eigenvalue weighted by Crippen LogP contribution is -2.61. The molecule has 10 nitrogen and oxygen atoms in total. The first-order valence-corrected chi connectivity index (χ1v) is 19.2. The van der Waals surface area contributed by atoms with E-state index in [0.29, 0.717) is 10.3 Å². The number of halogens is 4. The molecule has 2 aliphatic rings. The van der Waals surface area contributed by atoms with Gasteiger partial charge in [-0.15, -0.1) is 11.3 Å². The fourth-order valence-corrected chi connectivity index (χ4v) is 8.09. The van der Waals surface area contributed by atoms with Gasteiger partial charge >= 0.3 is 13.3 Å². The zero-order valence-electron chi connectivity index (χ0n) is 28.3. The Balaban J connectivity index is 1.27. The molecule has 0 aliphatic carbocycles. The maximum Gasteiger partial charge on any atom is 0.399 e. The summed E-state index contributed by atoms with van der Waals surface area (Å²) >= 11 is 6.99. The average Bonchev–Trinajstić information content (AvgIpc) is 3.53. The van der Waals surface area contributed by atoms with Crippen LogP contribution in [0.3, 0.4) is 0 Å². The van der Waals surface area contributed by atoms with Crippen LogP contribution in [-0.2, 0) is 37.5 Å². The second kappa shape index (κ2) is 14.2. The van der Waals surface area contributed by atoms with Crippen LogP contribution in [-0.4, -0.2) is 69.1 Å². The van der Waals surface area contributed by atoms with Crippen LogP contribution in [0.4, 0.5) is 13.2 Å². The first-order valence-electron chi connectivity index (χ1n) is 16.4. The Morgan fingerprint density at radius 2 is 1.75 bits per heavy atom. The molecule has 0 saturated carbocycles. The smallest absolute Gasteiger partial charge is 0.370 e. The third-order valence-electron chi connectivity index (χ3n) is 9.35. The van der Waals surface area contributed by atoms with Crippen molar-refractivity contribution in [2.45, 2.75) is 57.6 Å². The van der Waals surface area contributed by atoms with Crippen LogP contribution < -0.4 is 5.32 Å². The van der Waals surface area contributed by atoms with Crippen molar-refractivity contribution in [3.8, 4) is 0 Å². The van der Waals surface area contributed by atoms with Crippen LogP contribution in [0.1, 0.15) is 58.8 Å². The van der Waals surface area contributed by atoms with Crippen molar-refractivity contribution in [3.05, 3.63) is 105 Å². The van der Waals surface area contributed by atoms with Crippen LogP contribution in [0, 0.1) is 11.2 Å². The molecule has 276 valence electrons. The van der Waals surface area contributed by atoms with Gasteiger partial charge < -0.3 is 29.6 Å². The van der Waals surface area contributed by atoms with Crippen LogP contribution >= 0.6 is 30.5 Å². The first kappa shape index (κ1) is 38.0. The van der Waals surface area contributed by atoms with Gasteiger partial charge in [-0.3, -0.25) is 18.9 Å². The number of carbonyl (C=O) groups excluding carboxylic acids is 3. The number of hydrogen-bond acceptors (Lipinski definition) is 6. The minimum Gasteiger partial charge on any atom is -0.370 e. The summed E-state index contributed by atoms with van der Waals surface area (Å²) in [4.78, 5) is 64.2. The number of nitrogens with zero attached hydrogens (tertiary/aromatic N) is 2. The molecule has 52 heavy (non-hydrogen) atoms. The van der Waals surface area contributed by atoms with Gasteiger partial charge in [0.1, 0.15) is 24.0 Å². The SMILES string of the molecule is CC(C)(C)C(NC(=O)c1cc2cc(C(F)(F)P(=O)(O)O)ccc2s1)C(=O)N1Cc2ccccc2C[C@H]1C(=O)N1CCOC(c2ccc(F)c(Cl)c2)C1. The molecule has 2 unspecified atom stereocenters. The minimum absolute atomic E-state index is 0.0673. The van der Waals surface area contributed by atoms with E-state index in [4.69, 9.17) is 16.3 Å². The van der Waals surface area contributed by atoms with E-state index in [9.17, 15) is 41.9 Å². The van der Waals surface area contributed by atoms with Gasteiger partial charge in [0.2, 0.25) is 11.8 Å². The number of carbonyl (C=O) groups is 3. The standard InChI is InChI=1S/C36H36ClF3N3O7PS/c1-35(2,3)31(41-32(44)30-17-23-14-24(9-11-29(23)52-30)36(39,40)51(47,48)49)34(46)43-18-22-7-5-4-6-20(22)16-27(43)33(45)42-12-13-50-28(19-42)21-8-10-26(38)25(37)15-21/h4-11,14-15,17,27-28,31H,12-13,16,18-19H2,1-3H3,(H,41,44)(H2,47,48,49)/t27-,28?,31?/m0/s1. The number of alkyl halides is 2. The number of hydrogen-bond donors (Lipinski definition) is 3. The number of thiophene rings is 1. The number of morpholine rings is 1. The van der Waals surface area contributed by atoms with Crippen molar-refractivity contribution in [1.29, 1.82) is 0 Å². The van der Waals surface area contributed by atoms with Crippen LogP contribution in [0.2, 0.25) is 5.02 Å². The molecule has 1 saturated heterocycles. The van der Waals surface area contributed by atoms with Gasteiger partial charge in [0, 0.05) is 29.8 Å². The highest BCUT2D eigenvalue weighted by Gasteiger charge is 2.50. The number of fused-ring (bicyclic) bond motifs is 2. The van der Waals surface area contributed by atoms with Crippen LogP contribution in [0.15, 0.2) is 66.7 Å². The molecular weight excluding hydrogens is 742 g/mol. The van der Waals surface area contributed by atoms with Crippen molar-refractivity contribution in [3.63, 3.8) is 0 Å². The van der Waals surface area contributed by atoms with Gasteiger partial charge in [0.15, 0.2) is 0 Å². The number of amides is 3. The van der Waals surface area contributed by atoms with E-state index in [-0.39, 0.29) is 53.9 Å².